The first-order chi connectivity index (χ1) is 7.85. The lowest BCUT2D eigenvalue weighted by Gasteiger charge is -2.08. The van der Waals surface area contributed by atoms with E-state index in [0.29, 0.717) is 0 Å². The second-order valence-corrected chi connectivity index (χ2v) is 3.92. The lowest BCUT2D eigenvalue weighted by atomic mass is 10.0. The van der Waals surface area contributed by atoms with Crippen LogP contribution in [0.4, 0.5) is 0 Å². The van der Waals surface area contributed by atoms with Gasteiger partial charge < -0.3 is 0 Å². The second kappa shape index (κ2) is 4.93. The van der Waals surface area contributed by atoms with Gasteiger partial charge in [-0.3, -0.25) is 4.98 Å². The third kappa shape index (κ3) is 2.13. The number of hydrogen-bond acceptors (Lipinski definition) is 1. The van der Waals surface area contributed by atoms with Gasteiger partial charge in [-0.25, -0.2) is 0 Å². The quantitative estimate of drug-likeness (QED) is 0.751. The topological polar surface area (TPSA) is 12.9 Å². The summed E-state index contributed by atoms with van der Waals surface area (Å²) in [6.07, 6.45) is 4.07. The minimum atomic E-state index is 1.03. The zero-order valence-corrected chi connectivity index (χ0v) is 9.90. The third-order valence-corrected chi connectivity index (χ3v) is 2.86. The van der Waals surface area contributed by atoms with Crippen LogP contribution in [0.1, 0.15) is 25.0 Å². The fourth-order valence-corrected chi connectivity index (χ4v) is 1.88. The fraction of sp³-hybridized carbons (Fsp3) is 0.267. The molecule has 0 aliphatic heterocycles. The van der Waals surface area contributed by atoms with Crippen LogP contribution >= 0.6 is 0 Å². The van der Waals surface area contributed by atoms with Crippen molar-refractivity contribution in [1.82, 2.24) is 4.98 Å². The van der Waals surface area contributed by atoms with Crippen molar-refractivity contribution in [2.75, 3.05) is 0 Å². The Kier molecular flexibility index (Phi) is 3.35. The Balaban J connectivity index is 2.49. The molecule has 1 heteroatoms. The van der Waals surface area contributed by atoms with E-state index in [4.69, 9.17) is 0 Å². The molecule has 0 bridgehead atoms. The molecule has 0 atom stereocenters. The normalized spacial score (nSPS) is 10.4. The van der Waals surface area contributed by atoms with Crippen molar-refractivity contribution in [2.45, 2.75) is 26.7 Å². The average Bonchev–Trinajstić information content (AvgIpc) is 2.39. The van der Waals surface area contributed by atoms with Gasteiger partial charge in [0.15, 0.2) is 0 Å². The van der Waals surface area contributed by atoms with E-state index >= 15 is 0 Å². The van der Waals surface area contributed by atoms with E-state index < -0.39 is 0 Å². The summed E-state index contributed by atoms with van der Waals surface area (Å²) < 4.78 is 0. The number of benzene rings is 1. The van der Waals surface area contributed by atoms with Gasteiger partial charge in [0.25, 0.3) is 0 Å². The Labute approximate surface area is 97.2 Å². The zero-order valence-electron chi connectivity index (χ0n) is 9.90. The van der Waals surface area contributed by atoms with Crippen molar-refractivity contribution in [3.05, 3.63) is 53.7 Å². The highest BCUT2D eigenvalue weighted by Gasteiger charge is 2.05. The van der Waals surface area contributed by atoms with E-state index in [2.05, 4.69) is 49.2 Å². The van der Waals surface area contributed by atoms with Gasteiger partial charge in [-0.15, -0.1) is 0 Å². The number of hydrogen-bond donors (Lipinski definition) is 0. The predicted molar refractivity (Wildman–Crippen MR) is 68.4 cm³/mol. The van der Waals surface area contributed by atoms with E-state index in [1.165, 1.54) is 16.7 Å². The molecule has 0 saturated heterocycles. The van der Waals surface area contributed by atoms with Crippen LogP contribution in [0.25, 0.3) is 11.3 Å². The standard InChI is InChI=1S/C15H17N/c1-3-12-10-13(4-2)15(16-11-12)14-8-6-5-7-9-14/h5-11H,3-4H2,1-2H3. The van der Waals surface area contributed by atoms with Crippen LogP contribution in [0.15, 0.2) is 42.6 Å². The molecule has 0 radical (unpaired) electrons. The summed E-state index contributed by atoms with van der Waals surface area (Å²) in [6.45, 7) is 4.35. The predicted octanol–water partition coefficient (Wildman–Crippen LogP) is 3.87. The van der Waals surface area contributed by atoms with Crippen LogP contribution in [-0.2, 0) is 12.8 Å². The van der Waals surface area contributed by atoms with E-state index in [-0.39, 0.29) is 0 Å². The third-order valence-electron chi connectivity index (χ3n) is 2.86. The van der Waals surface area contributed by atoms with Gasteiger partial charge >= 0.3 is 0 Å². The molecule has 1 aromatic carbocycles. The van der Waals surface area contributed by atoms with E-state index in [1.807, 2.05) is 12.3 Å². The zero-order chi connectivity index (χ0) is 11.4. The SMILES string of the molecule is CCc1cnc(-c2ccccc2)c(CC)c1. The number of nitrogens with zero attached hydrogens (tertiary/aromatic N) is 1. The van der Waals surface area contributed by atoms with Gasteiger partial charge in [0, 0.05) is 11.8 Å². The number of rotatable bonds is 3. The molecule has 82 valence electrons. The molecule has 0 N–H and O–H groups in total. The first-order valence-corrected chi connectivity index (χ1v) is 5.88. The molecule has 16 heavy (non-hydrogen) atoms. The van der Waals surface area contributed by atoms with Crippen LogP contribution in [0.3, 0.4) is 0 Å². The van der Waals surface area contributed by atoms with Gasteiger partial charge in [0.05, 0.1) is 5.69 Å². The molecule has 0 amide bonds. The van der Waals surface area contributed by atoms with Crippen molar-refractivity contribution >= 4 is 0 Å². The maximum atomic E-state index is 4.59. The molecule has 0 fully saturated rings. The van der Waals surface area contributed by atoms with Crippen LogP contribution < -0.4 is 0 Å². The minimum absolute atomic E-state index is 1.03. The van der Waals surface area contributed by atoms with Crippen molar-refractivity contribution in [3.8, 4) is 11.3 Å². The van der Waals surface area contributed by atoms with Gasteiger partial charge in [-0.1, -0.05) is 50.2 Å². The molecular weight excluding hydrogens is 194 g/mol. The fourth-order valence-electron chi connectivity index (χ4n) is 1.88. The summed E-state index contributed by atoms with van der Waals surface area (Å²) >= 11 is 0. The van der Waals surface area contributed by atoms with Crippen LogP contribution in [0.2, 0.25) is 0 Å². The molecule has 2 rings (SSSR count). The monoisotopic (exact) mass is 211 g/mol. The van der Waals surface area contributed by atoms with Crippen LogP contribution in [-0.4, -0.2) is 4.98 Å². The van der Waals surface area contributed by atoms with E-state index in [9.17, 15) is 0 Å². The smallest absolute Gasteiger partial charge is 0.0733 e. The first-order valence-electron chi connectivity index (χ1n) is 5.88. The van der Waals surface area contributed by atoms with Gasteiger partial charge in [0.2, 0.25) is 0 Å². The van der Waals surface area contributed by atoms with Crippen molar-refractivity contribution in [1.29, 1.82) is 0 Å². The molecular formula is C15H17N. The number of pyridine rings is 1. The molecule has 0 spiro atoms. The molecule has 1 aromatic heterocycles. The highest BCUT2D eigenvalue weighted by molar-refractivity contribution is 5.63. The lowest BCUT2D eigenvalue weighted by Crippen LogP contribution is -1.94. The maximum absolute atomic E-state index is 4.59. The number of aromatic nitrogens is 1. The van der Waals surface area contributed by atoms with Crippen molar-refractivity contribution in [3.63, 3.8) is 0 Å². The largest absolute Gasteiger partial charge is 0.256 e. The summed E-state index contributed by atoms with van der Waals surface area (Å²) in [6, 6.07) is 12.7. The Morgan fingerprint density at radius 2 is 1.75 bits per heavy atom. The molecule has 2 aromatic rings. The van der Waals surface area contributed by atoms with Gasteiger partial charge in [-0.05, 0) is 24.0 Å². The molecule has 1 heterocycles. The Morgan fingerprint density at radius 3 is 2.38 bits per heavy atom. The summed E-state index contributed by atoms with van der Waals surface area (Å²) in [5.41, 5.74) is 4.99. The van der Waals surface area contributed by atoms with Gasteiger partial charge in [-0.2, -0.15) is 0 Å². The molecule has 0 saturated carbocycles. The summed E-state index contributed by atoms with van der Waals surface area (Å²) in [7, 11) is 0. The number of aryl methyl sites for hydroxylation is 2. The molecule has 1 nitrogen and oxygen atoms in total. The lowest BCUT2D eigenvalue weighted by molar-refractivity contribution is 1.05. The Morgan fingerprint density at radius 1 is 1.00 bits per heavy atom. The highest BCUT2D eigenvalue weighted by Crippen LogP contribution is 2.22. The van der Waals surface area contributed by atoms with Crippen LogP contribution in [0, 0.1) is 0 Å². The maximum Gasteiger partial charge on any atom is 0.0733 e. The highest BCUT2D eigenvalue weighted by atomic mass is 14.7. The summed E-state index contributed by atoms with van der Waals surface area (Å²) in [5, 5.41) is 0. The second-order valence-electron chi connectivity index (χ2n) is 3.92. The molecule has 0 unspecified atom stereocenters. The summed E-state index contributed by atoms with van der Waals surface area (Å²) in [4.78, 5) is 4.59. The van der Waals surface area contributed by atoms with Crippen molar-refractivity contribution < 1.29 is 0 Å². The van der Waals surface area contributed by atoms with E-state index in [0.717, 1.165) is 18.5 Å². The molecule has 0 aliphatic rings. The van der Waals surface area contributed by atoms with Crippen LogP contribution in [0.5, 0.6) is 0 Å². The van der Waals surface area contributed by atoms with E-state index in [1.54, 1.807) is 0 Å². The van der Waals surface area contributed by atoms with Crippen molar-refractivity contribution in [2.24, 2.45) is 0 Å². The minimum Gasteiger partial charge on any atom is -0.256 e. The van der Waals surface area contributed by atoms with Gasteiger partial charge in [0.1, 0.15) is 0 Å². The summed E-state index contributed by atoms with van der Waals surface area (Å²) in [5.74, 6) is 0. The molecule has 0 aliphatic carbocycles. The first kappa shape index (κ1) is 10.9. The average molecular weight is 211 g/mol. The Bertz CT molecular complexity index is 460. The Hall–Kier alpha value is -1.63.